The molecule has 1 rings (SSSR count). The Kier molecular flexibility index (Phi) is 7.68. The topological polar surface area (TPSA) is 32.3 Å². The van der Waals surface area contributed by atoms with Crippen LogP contribution in [0.25, 0.3) is 0 Å². The quantitative estimate of drug-likeness (QED) is 0.585. The van der Waals surface area contributed by atoms with Gasteiger partial charge in [-0.3, -0.25) is 0 Å². The van der Waals surface area contributed by atoms with Crippen molar-refractivity contribution in [3.05, 3.63) is 29.8 Å². The molecule has 2 nitrogen and oxygen atoms in total. The number of anilines is 1. The SMILES string of the molecule is CCCCCNc1cccc(C(O)(CC)CCCC)c1. The molecule has 0 aliphatic rings. The summed E-state index contributed by atoms with van der Waals surface area (Å²) in [4.78, 5) is 0. The minimum absolute atomic E-state index is 0.670. The van der Waals surface area contributed by atoms with E-state index in [-0.39, 0.29) is 0 Å². The van der Waals surface area contributed by atoms with Gasteiger partial charge in [0.15, 0.2) is 0 Å². The van der Waals surface area contributed by atoms with Crippen molar-refractivity contribution >= 4 is 5.69 Å². The standard InChI is InChI=1S/C18H31NO/c1-4-7-9-14-19-17-12-10-11-16(15-17)18(20,6-3)13-8-5-2/h10-12,15,19-20H,4-9,13-14H2,1-3H3. The fourth-order valence-electron chi connectivity index (χ4n) is 2.52. The van der Waals surface area contributed by atoms with Crippen molar-refractivity contribution in [3.8, 4) is 0 Å². The number of hydrogen-bond donors (Lipinski definition) is 2. The molecule has 0 saturated heterocycles. The van der Waals surface area contributed by atoms with E-state index in [1.54, 1.807) is 0 Å². The highest BCUT2D eigenvalue weighted by Gasteiger charge is 2.26. The van der Waals surface area contributed by atoms with Crippen LogP contribution in [0.15, 0.2) is 24.3 Å². The molecule has 114 valence electrons. The normalized spacial score (nSPS) is 14.0. The van der Waals surface area contributed by atoms with Crippen LogP contribution < -0.4 is 5.32 Å². The van der Waals surface area contributed by atoms with Crippen molar-refractivity contribution in [2.45, 2.75) is 71.3 Å². The summed E-state index contributed by atoms with van der Waals surface area (Å²) in [5.74, 6) is 0. The van der Waals surface area contributed by atoms with E-state index in [1.165, 1.54) is 19.3 Å². The second kappa shape index (κ2) is 9.02. The van der Waals surface area contributed by atoms with Gasteiger partial charge in [0.25, 0.3) is 0 Å². The summed E-state index contributed by atoms with van der Waals surface area (Å²) in [6.07, 6.45) is 7.52. The predicted molar refractivity (Wildman–Crippen MR) is 88.2 cm³/mol. The number of hydrogen-bond acceptors (Lipinski definition) is 2. The fraction of sp³-hybridized carbons (Fsp3) is 0.667. The molecule has 0 spiro atoms. The van der Waals surface area contributed by atoms with Gasteiger partial charge in [-0.15, -0.1) is 0 Å². The average molecular weight is 277 g/mol. The van der Waals surface area contributed by atoms with Gasteiger partial charge >= 0.3 is 0 Å². The third-order valence-electron chi connectivity index (χ3n) is 4.04. The van der Waals surface area contributed by atoms with Crippen molar-refractivity contribution in [3.63, 3.8) is 0 Å². The van der Waals surface area contributed by atoms with Crippen LogP contribution in [0.1, 0.15) is 71.3 Å². The number of nitrogens with one attached hydrogen (secondary N) is 1. The Hall–Kier alpha value is -1.02. The zero-order valence-electron chi connectivity index (χ0n) is 13.4. The maximum Gasteiger partial charge on any atom is 0.0894 e. The molecule has 20 heavy (non-hydrogen) atoms. The molecule has 0 fully saturated rings. The lowest BCUT2D eigenvalue weighted by Gasteiger charge is -2.28. The summed E-state index contributed by atoms with van der Waals surface area (Å²) in [6.45, 7) is 7.46. The van der Waals surface area contributed by atoms with E-state index in [1.807, 2.05) is 6.07 Å². The van der Waals surface area contributed by atoms with E-state index >= 15 is 0 Å². The van der Waals surface area contributed by atoms with Gasteiger partial charge < -0.3 is 10.4 Å². The average Bonchev–Trinajstić information content (AvgIpc) is 2.49. The zero-order valence-corrected chi connectivity index (χ0v) is 13.4. The lowest BCUT2D eigenvalue weighted by atomic mass is 9.86. The molecular formula is C18H31NO. The summed E-state index contributed by atoms with van der Waals surface area (Å²) < 4.78 is 0. The fourth-order valence-corrected chi connectivity index (χ4v) is 2.52. The van der Waals surface area contributed by atoms with Gasteiger partial charge in [-0.25, -0.2) is 0 Å². The van der Waals surface area contributed by atoms with Gasteiger partial charge in [-0.1, -0.05) is 58.6 Å². The van der Waals surface area contributed by atoms with E-state index in [4.69, 9.17) is 0 Å². The van der Waals surface area contributed by atoms with Gasteiger partial charge in [0, 0.05) is 12.2 Å². The molecule has 2 N–H and O–H groups in total. The maximum atomic E-state index is 10.8. The first-order valence-electron chi connectivity index (χ1n) is 8.23. The smallest absolute Gasteiger partial charge is 0.0894 e. The molecular weight excluding hydrogens is 246 g/mol. The highest BCUT2D eigenvalue weighted by Crippen LogP contribution is 2.31. The van der Waals surface area contributed by atoms with Gasteiger partial charge in [0.1, 0.15) is 0 Å². The minimum atomic E-state index is -0.670. The van der Waals surface area contributed by atoms with Crippen LogP contribution in [0, 0.1) is 0 Å². The van der Waals surface area contributed by atoms with Crippen LogP contribution in [0.5, 0.6) is 0 Å². The third-order valence-corrected chi connectivity index (χ3v) is 4.04. The lowest BCUT2D eigenvalue weighted by Crippen LogP contribution is -2.24. The van der Waals surface area contributed by atoms with Crippen LogP contribution in [-0.2, 0) is 5.60 Å². The van der Waals surface area contributed by atoms with Crippen LogP contribution in [0.4, 0.5) is 5.69 Å². The second-order valence-electron chi connectivity index (χ2n) is 5.70. The summed E-state index contributed by atoms with van der Waals surface area (Å²) in [7, 11) is 0. The zero-order chi connectivity index (χ0) is 14.8. The minimum Gasteiger partial charge on any atom is -0.385 e. The molecule has 0 amide bonds. The highest BCUT2D eigenvalue weighted by molar-refractivity contribution is 5.47. The Labute approximate surface area is 124 Å². The first kappa shape index (κ1) is 17.0. The van der Waals surface area contributed by atoms with E-state index in [9.17, 15) is 5.11 Å². The van der Waals surface area contributed by atoms with Gasteiger partial charge in [0.2, 0.25) is 0 Å². The monoisotopic (exact) mass is 277 g/mol. The molecule has 0 heterocycles. The first-order valence-corrected chi connectivity index (χ1v) is 8.23. The number of rotatable bonds is 10. The van der Waals surface area contributed by atoms with Crippen molar-refractivity contribution < 1.29 is 5.11 Å². The Morgan fingerprint density at radius 3 is 2.45 bits per heavy atom. The molecule has 1 unspecified atom stereocenters. The summed E-state index contributed by atoms with van der Waals surface area (Å²) in [5.41, 5.74) is 1.51. The van der Waals surface area contributed by atoms with Crippen LogP contribution in [-0.4, -0.2) is 11.7 Å². The largest absolute Gasteiger partial charge is 0.385 e. The summed E-state index contributed by atoms with van der Waals surface area (Å²) >= 11 is 0. The molecule has 1 aromatic rings. The van der Waals surface area contributed by atoms with Crippen molar-refractivity contribution in [1.29, 1.82) is 0 Å². The van der Waals surface area contributed by atoms with Crippen molar-refractivity contribution in [2.75, 3.05) is 11.9 Å². The number of aliphatic hydroxyl groups is 1. The Morgan fingerprint density at radius 1 is 1.05 bits per heavy atom. The van der Waals surface area contributed by atoms with E-state index < -0.39 is 5.60 Å². The third kappa shape index (κ3) is 5.16. The molecule has 0 aliphatic carbocycles. The maximum absolute atomic E-state index is 10.8. The van der Waals surface area contributed by atoms with Gasteiger partial charge in [0.05, 0.1) is 5.60 Å². The molecule has 0 radical (unpaired) electrons. The first-order chi connectivity index (χ1) is 9.66. The van der Waals surface area contributed by atoms with Gasteiger partial charge in [-0.2, -0.15) is 0 Å². The Balaban J connectivity index is 2.69. The number of unbranched alkanes of at least 4 members (excludes halogenated alkanes) is 3. The number of benzene rings is 1. The predicted octanol–water partition coefficient (Wildman–Crippen LogP) is 5.08. The van der Waals surface area contributed by atoms with Crippen LogP contribution in [0.3, 0.4) is 0 Å². The van der Waals surface area contributed by atoms with Gasteiger partial charge in [-0.05, 0) is 37.0 Å². The molecule has 0 aliphatic heterocycles. The lowest BCUT2D eigenvalue weighted by molar-refractivity contribution is 0.0212. The Bertz CT molecular complexity index is 377. The summed E-state index contributed by atoms with van der Waals surface area (Å²) in [6, 6.07) is 8.30. The highest BCUT2D eigenvalue weighted by atomic mass is 16.3. The molecule has 1 aromatic carbocycles. The molecule has 0 bridgehead atoms. The van der Waals surface area contributed by atoms with Crippen molar-refractivity contribution in [1.82, 2.24) is 0 Å². The van der Waals surface area contributed by atoms with Crippen LogP contribution in [0.2, 0.25) is 0 Å². The molecule has 0 aromatic heterocycles. The summed E-state index contributed by atoms with van der Waals surface area (Å²) in [5, 5.41) is 14.3. The Morgan fingerprint density at radius 2 is 1.80 bits per heavy atom. The van der Waals surface area contributed by atoms with E-state index in [0.717, 1.165) is 43.5 Å². The van der Waals surface area contributed by atoms with Crippen LogP contribution >= 0.6 is 0 Å². The molecule has 0 saturated carbocycles. The second-order valence-corrected chi connectivity index (χ2v) is 5.70. The molecule has 2 heteroatoms. The van der Waals surface area contributed by atoms with E-state index in [0.29, 0.717) is 0 Å². The van der Waals surface area contributed by atoms with Crippen molar-refractivity contribution in [2.24, 2.45) is 0 Å². The van der Waals surface area contributed by atoms with E-state index in [2.05, 4.69) is 44.3 Å². The molecule has 1 atom stereocenters.